The molecule has 1 aromatic carbocycles. The van der Waals surface area contributed by atoms with Crippen LogP contribution in [-0.2, 0) is 13.0 Å². The molecule has 0 atom stereocenters. The quantitative estimate of drug-likeness (QED) is 0.945. The zero-order valence-electron chi connectivity index (χ0n) is 12.5. The average Bonchev–Trinajstić information content (AvgIpc) is 2.56. The Labute approximate surface area is 129 Å². The molecule has 0 fully saturated rings. The molecular formula is C16H18N4O2. The number of urea groups is 1. The smallest absolute Gasteiger partial charge is 0.322 e. The second kappa shape index (κ2) is 6.43. The fraction of sp³-hybridized carbons (Fsp3) is 0.312. The molecule has 0 saturated heterocycles. The van der Waals surface area contributed by atoms with Crippen molar-refractivity contribution in [2.75, 3.05) is 18.5 Å². The third-order valence-corrected chi connectivity index (χ3v) is 3.56. The van der Waals surface area contributed by atoms with Crippen LogP contribution in [0.15, 0.2) is 36.8 Å². The predicted octanol–water partition coefficient (Wildman–Crippen LogP) is 2.47. The highest BCUT2D eigenvalue weighted by atomic mass is 16.5. The van der Waals surface area contributed by atoms with Crippen LogP contribution in [0, 0.1) is 0 Å². The molecule has 2 aromatic rings. The third kappa shape index (κ3) is 3.16. The van der Waals surface area contributed by atoms with Crippen LogP contribution in [0.25, 0.3) is 0 Å². The Morgan fingerprint density at radius 2 is 2.18 bits per heavy atom. The topological polar surface area (TPSA) is 67.3 Å². The van der Waals surface area contributed by atoms with E-state index in [4.69, 9.17) is 4.74 Å². The molecule has 1 aliphatic heterocycles. The maximum atomic E-state index is 12.3. The molecule has 2 heterocycles. The summed E-state index contributed by atoms with van der Waals surface area (Å²) < 4.78 is 5.38. The van der Waals surface area contributed by atoms with E-state index in [1.54, 1.807) is 17.4 Å². The minimum absolute atomic E-state index is 0.112. The van der Waals surface area contributed by atoms with Gasteiger partial charge in [-0.05, 0) is 31.2 Å². The minimum atomic E-state index is -0.112. The molecule has 1 aromatic heterocycles. The van der Waals surface area contributed by atoms with E-state index in [1.807, 2.05) is 31.2 Å². The number of rotatable bonds is 3. The van der Waals surface area contributed by atoms with E-state index in [-0.39, 0.29) is 6.03 Å². The van der Waals surface area contributed by atoms with Crippen molar-refractivity contribution in [2.24, 2.45) is 0 Å². The van der Waals surface area contributed by atoms with Crippen LogP contribution >= 0.6 is 0 Å². The lowest BCUT2D eigenvalue weighted by Gasteiger charge is -2.27. The van der Waals surface area contributed by atoms with E-state index in [1.165, 1.54) is 0 Å². The largest absolute Gasteiger partial charge is 0.494 e. The Morgan fingerprint density at radius 3 is 2.95 bits per heavy atom. The molecule has 0 aliphatic carbocycles. The summed E-state index contributed by atoms with van der Waals surface area (Å²) in [5.41, 5.74) is 2.79. The maximum absolute atomic E-state index is 12.3. The highest BCUT2D eigenvalue weighted by molar-refractivity contribution is 5.89. The molecule has 22 heavy (non-hydrogen) atoms. The van der Waals surface area contributed by atoms with Crippen LogP contribution in [0.5, 0.6) is 5.75 Å². The van der Waals surface area contributed by atoms with Crippen molar-refractivity contribution in [1.29, 1.82) is 0 Å². The molecule has 0 spiro atoms. The SMILES string of the molecule is CCOc1ccc(NC(=O)N2CCc3ncncc3C2)cc1. The Kier molecular flexibility index (Phi) is 4.18. The lowest BCUT2D eigenvalue weighted by Crippen LogP contribution is -2.39. The first-order valence-corrected chi connectivity index (χ1v) is 7.33. The Hall–Kier alpha value is -2.63. The molecule has 0 bridgehead atoms. The van der Waals surface area contributed by atoms with Gasteiger partial charge in [0.2, 0.25) is 0 Å². The first kappa shape index (κ1) is 14.3. The summed E-state index contributed by atoms with van der Waals surface area (Å²) in [6.07, 6.45) is 4.09. The Morgan fingerprint density at radius 1 is 1.36 bits per heavy atom. The number of aromatic nitrogens is 2. The number of carbonyl (C=O) groups is 1. The number of anilines is 1. The van der Waals surface area contributed by atoms with Crippen LogP contribution in [0.1, 0.15) is 18.2 Å². The highest BCUT2D eigenvalue weighted by Gasteiger charge is 2.21. The Balaban J connectivity index is 1.63. The van der Waals surface area contributed by atoms with Gasteiger partial charge in [-0.3, -0.25) is 0 Å². The van der Waals surface area contributed by atoms with Crippen molar-refractivity contribution in [1.82, 2.24) is 14.9 Å². The van der Waals surface area contributed by atoms with E-state index in [9.17, 15) is 4.79 Å². The number of nitrogens with zero attached hydrogens (tertiary/aromatic N) is 3. The molecule has 3 rings (SSSR count). The fourth-order valence-electron chi connectivity index (χ4n) is 2.44. The molecule has 6 heteroatoms. The van der Waals surface area contributed by atoms with E-state index in [0.29, 0.717) is 19.7 Å². The van der Waals surface area contributed by atoms with Crippen molar-refractivity contribution in [3.63, 3.8) is 0 Å². The van der Waals surface area contributed by atoms with Gasteiger partial charge in [0.25, 0.3) is 0 Å². The van der Waals surface area contributed by atoms with Gasteiger partial charge in [0.15, 0.2) is 0 Å². The van der Waals surface area contributed by atoms with Gasteiger partial charge in [-0.2, -0.15) is 0 Å². The van der Waals surface area contributed by atoms with Gasteiger partial charge in [0, 0.05) is 30.4 Å². The number of carbonyl (C=O) groups excluding carboxylic acids is 1. The number of ether oxygens (including phenoxy) is 1. The van der Waals surface area contributed by atoms with Gasteiger partial charge >= 0.3 is 6.03 Å². The first-order chi connectivity index (χ1) is 10.8. The van der Waals surface area contributed by atoms with Gasteiger partial charge < -0.3 is 15.0 Å². The second-order valence-corrected chi connectivity index (χ2v) is 5.05. The molecule has 0 saturated carbocycles. The van der Waals surface area contributed by atoms with Crippen molar-refractivity contribution < 1.29 is 9.53 Å². The normalized spacial score (nSPS) is 13.4. The van der Waals surface area contributed by atoms with Crippen LogP contribution in [0.3, 0.4) is 0 Å². The summed E-state index contributed by atoms with van der Waals surface area (Å²) in [4.78, 5) is 22.4. The van der Waals surface area contributed by atoms with Gasteiger partial charge in [-0.1, -0.05) is 0 Å². The summed E-state index contributed by atoms with van der Waals surface area (Å²) in [6, 6.07) is 7.25. The van der Waals surface area contributed by atoms with Crippen LogP contribution < -0.4 is 10.1 Å². The number of amides is 2. The van der Waals surface area contributed by atoms with E-state index >= 15 is 0 Å². The van der Waals surface area contributed by atoms with Gasteiger partial charge in [0.1, 0.15) is 12.1 Å². The van der Waals surface area contributed by atoms with E-state index in [0.717, 1.165) is 29.1 Å². The average molecular weight is 298 g/mol. The molecule has 0 radical (unpaired) electrons. The number of nitrogens with one attached hydrogen (secondary N) is 1. The summed E-state index contributed by atoms with van der Waals surface area (Å²) in [6.45, 7) is 3.76. The highest BCUT2D eigenvalue weighted by Crippen LogP contribution is 2.19. The molecular weight excluding hydrogens is 280 g/mol. The lowest BCUT2D eigenvalue weighted by molar-refractivity contribution is 0.206. The lowest BCUT2D eigenvalue weighted by atomic mass is 10.1. The Bertz CT molecular complexity index is 657. The van der Waals surface area contributed by atoms with Gasteiger partial charge in [0.05, 0.1) is 18.8 Å². The summed E-state index contributed by atoms with van der Waals surface area (Å²) >= 11 is 0. The molecule has 1 aliphatic rings. The molecule has 2 amide bonds. The molecule has 6 nitrogen and oxygen atoms in total. The van der Waals surface area contributed by atoms with Gasteiger partial charge in [-0.15, -0.1) is 0 Å². The number of fused-ring (bicyclic) bond motifs is 1. The molecule has 0 unspecified atom stereocenters. The maximum Gasteiger partial charge on any atom is 0.322 e. The second-order valence-electron chi connectivity index (χ2n) is 5.05. The van der Waals surface area contributed by atoms with Crippen molar-refractivity contribution in [2.45, 2.75) is 19.9 Å². The third-order valence-electron chi connectivity index (χ3n) is 3.56. The van der Waals surface area contributed by atoms with Crippen molar-refractivity contribution in [3.05, 3.63) is 48.0 Å². The van der Waals surface area contributed by atoms with E-state index < -0.39 is 0 Å². The van der Waals surface area contributed by atoms with Crippen molar-refractivity contribution in [3.8, 4) is 5.75 Å². The zero-order chi connectivity index (χ0) is 15.4. The number of hydrogen-bond donors (Lipinski definition) is 1. The summed E-state index contributed by atoms with van der Waals surface area (Å²) in [5.74, 6) is 0.796. The van der Waals surface area contributed by atoms with Crippen LogP contribution in [0.2, 0.25) is 0 Å². The monoisotopic (exact) mass is 298 g/mol. The fourth-order valence-corrected chi connectivity index (χ4v) is 2.44. The number of hydrogen-bond acceptors (Lipinski definition) is 4. The zero-order valence-corrected chi connectivity index (χ0v) is 12.5. The van der Waals surface area contributed by atoms with E-state index in [2.05, 4.69) is 15.3 Å². The summed E-state index contributed by atoms with van der Waals surface area (Å²) in [5, 5.41) is 2.90. The first-order valence-electron chi connectivity index (χ1n) is 7.33. The predicted molar refractivity (Wildman–Crippen MR) is 82.8 cm³/mol. The standard InChI is InChI=1S/C16H18N4O2/c1-2-22-14-5-3-13(4-6-14)19-16(21)20-8-7-15-12(10-20)9-17-11-18-15/h3-6,9,11H,2,7-8,10H2,1H3,(H,19,21). The van der Waals surface area contributed by atoms with Gasteiger partial charge in [-0.25, -0.2) is 14.8 Å². The molecule has 114 valence electrons. The van der Waals surface area contributed by atoms with Crippen molar-refractivity contribution >= 4 is 11.7 Å². The van der Waals surface area contributed by atoms with Crippen LogP contribution in [-0.4, -0.2) is 34.1 Å². The summed E-state index contributed by atoms with van der Waals surface area (Å²) in [7, 11) is 0. The minimum Gasteiger partial charge on any atom is -0.494 e. The molecule has 1 N–H and O–H groups in total. The number of benzene rings is 1. The van der Waals surface area contributed by atoms with Crippen LogP contribution in [0.4, 0.5) is 10.5 Å².